The largest absolute Gasteiger partial charge is 0.481 e. The van der Waals surface area contributed by atoms with Crippen LogP contribution in [0.2, 0.25) is 10.0 Å². The lowest BCUT2D eigenvalue weighted by molar-refractivity contribution is 0.392. The van der Waals surface area contributed by atoms with Crippen molar-refractivity contribution in [1.82, 2.24) is 4.98 Å². The molecule has 0 aliphatic heterocycles. The number of benzene rings is 1. The smallest absolute Gasteiger partial charge is 0.216 e. The molecule has 0 atom stereocenters. The minimum Gasteiger partial charge on any atom is -0.481 e. The van der Waals surface area contributed by atoms with Gasteiger partial charge in [-0.05, 0) is 12.1 Å². The number of halogens is 2. The van der Waals surface area contributed by atoms with Crippen molar-refractivity contribution in [1.29, 1.82) is 0 Å². The number of aromatic nitrogens is 1. The molecule has 2 rings (SSSR count). The summed E-state index contributed by atoms with van der Waals surface area (Å²) in [4.78, 5) is 3.97. The highest BCUT2D eigenvalue weighted by molar-refractivity contribution is 6.42. The van der Waals surface area contributed by atoms with Crippen LogP contribution in [0.15, 0.2) is 30.5 Å². The molecule has 0 saturated heterocycles. The molecule has 0 fully saturated rings. The van der Waals surface area contributed by atoms with Crippen LogP contribution in [0.4, 0.5) is 5.69 Å². The minimum absolute atomic E-state index is 0.377. The summed E-state index contributed by atoms with van der Waals surface area (Å²) in [5.41, 5.74) is 6.20. The molecule has 0 spiro atoms. The van der Waals surface area contributed by atoms with E-state index in [0.717, 1.165) is 0 Å². The third-order valence-electron chi connectivity index (χ3n) is 2.20. The molecule has 94 valence electrons. The van der Waals surface area contributed by atoms with Crippen molar-refractivity contribution >= 4 is 28.9 Å². The Labute approximate surface area is 114 Å². The highest BCUT2D eigenvalue weighted by Crippen LogP contribution is 2.35. The van der Waals surface area contributed by atoms with E-state index in [2.05, 4.69) is 4.98 Å². The van der Waals surface area contributed by atoms with Crippen molar-refractivity contribution in [3.63, 3.8) is 0 Å². The van der Waals surface area contributed by atoms with Gasteiger partial charge in [0.1, 0.15) is 5.75 Å². The van der Waals surface area contributed by atoms with Gasteiger partial charge in [0.15, 0.2) is 5.75 Å². The first-order chi connectivity index (χ1) is 8.60. The first kappa shape index (κ1) is 12.8. The third-order valence-corrected chi connectivity index (χ3v) is 2.92. The molecule has 1 aromatic carbocycles. The van der Waals surface area contributed by atoms with Crippen molar-refractivity contribution in [2.24, 2.45) is 0 Å². The highest BCUT2D eigenvalue weighted by atomic mass is 35.5. The maximum absolute atomic E-state index is 5.91. The molecular formula is C12H10Cl2N2O2. The van der Waals surface area contributed by atoms with Gasteiger partial charge in [-0.2, -0.15) is 0 Å². The van der Waals surface area contributed by atoms with Crippen molar-refractivity contribution < 1.29 is 9.47 Å². The Kier molecular flexibility index (Phi) is 3.79. The lowest BCUT2D eigenvalue weighted by Crippen LogP contribution is -1.93. The number of nitrogens with zero attached hydrogens (tertiary/aromatic N) is 1. The molecular weight excluding hydrogens is 275 g/mol. The molecule has 0 saturated carbocycles. The van der Waals surface area contributed by atoms with E-state index in [1.165, 1.54) is 13.2 Å². The molecule has 0 amide bonds. The number of hydrogen-bond acceptors (Lipinski definition) is 4. The average molecular weight is 285 g/mol. The van der Waals surface area contributed by atoms with E-state index >= 15 is 0 Å². The number of pyridine rings is 1. The van der Waals surface area contributed by atoms with Gasteiger partial charge in [-0.3, -0.25) is 0 Å². The van der Waals surface area contributed by atoms with Gasteiger partial charge in [-0.15, -0.1) is 0 Å². The number of hydrogen-bond donors (Lipinski definition) is 1. The molecule has 2 N–H and O–H groups in total. The fourth-order valence-corrected chi connectivity index (χ4v) is 1.65. The van der Waals surface area contributed by atoms with E-state index in [1.54, 1.807) is 24.4 Å². The van der Waals surface area contributed by atoms with Gasteiger partial charge in [0.25, 0.3) is 0 Å². The summed E-state index contributed by atoms with van der Waals surface area (Å²) < 4.78 is 10.6. The van der Waals surface area contributed by atoms with Gasteiger partial charge >= 0.3 is 0 Å². The summed E-state index contributed by atoms with van der Waals surface area (Å²) in [5.74, 6) is 1.43. The van der Waals surface area contributed by atoms with E-state index < -0.39 is 0 Å². The zero-order chi connectivity index (χ0) is 13.1. The standard InChI is InChI=1S/C12H10Cl2N2O2/c1-17-12-4-7(2-3-16-12)18-11-6-9(14)8(13)5-10(11)15/h2-6H,15H2,1H3. The Morgan fingerprint density at radius 1 is 1.17 bits per heavy atom. The van der Waals surface area contributed by atoms with E-state index in [1.807, 2.05) is 0 Å². The van der Waals surface area contributed by atoms with Crippen LogP contribution in [0.1, 0.15) is 0 Å². The minimum atomic E-state index is 0.377. The second-order valence-electron chi connectivity index (χ2n) is 3.44. The van der Waals surface area contributed by atoms with Crippen LogP contribution in [0.3, 0.4) is 0 Å². The number of anilines is 1. The topological polar surface area (TPSA) is 57.4 Å². The van der Waals surface area contributed by atoms with E-state index in [-0.39, 0.29) is 0 Å². The molecule has 4 nitrogen and oxygen atoms in total. The first-order valence-corrected chi connectivity index (χ1v) is 5.78. The van der Waals surface area contributed by atoms with Crippen molar-refractivity contribution in [3.05, 3.63) is 40.5 Å². The van der Waals surface area contributed by atoms with Crippen LogP contribution in [-0.2, 0) is 0 Å². The van der Waals surface area contributed by atoms with Crippen molar-refractivity contribution in [2.75, 3.05) is 12.8 Å². The normalized spacial score (nSPS) is 10.2. The molecule has 6 heteroatoms. The predicted molar refractivity (Wildman–Crippen MR) is 71.7 cm³/mol. The lowest BCUT2D eigenvalue weighted by Gasteiger charge is -2.10. The van der Waals surface area contributed by atoms with Crippen molar-refractivity contribution in [2.45, 2.75) is 0 Å². The average Bonchev–Trinajstić information content (AvgIpc) is 2.36. The summed E-state index contributed by atoms with van der Waals surface area (Å²) in [6.07, 6.45) is 1.57. The van der Waals surface area contributed by atoms with Crippen LogP contribution in [0.25, 0.3) is 0 Å². The first-order valence-electron chi connectivity index (χ1n) is 5.02. The molecule has 1 aromatic heterocycles. The second kappa shape index (κ2) is 5.33. The van der Waals surface area contributed by atoms with Gasteiger partial charge in [0.2, 0.25) is 5.88 Å². The summed E-state index contributed by atoms with van der Waals surface area (Å²) in [6, 6.07) is 6.43. The highest BCUT2D eigenvalue weighted by Gasteiger charge is 2.08. The van der Waals surface area contributed by atoms with Crippen molar-refractivity contribution in [3.8, 4) is 17.4 Å². The number of ether oxygens (including phenoxy) is 2. The monoisotopic (exact) mass is 284 g/mol. The summed E-state index contributed by atoms with van der Waals surface area (Å²) in [6.45, 7) is 0. The van der Waals surface area contributed by atoms with Gasteiger partial charge in [-0.25, -0.2) is 4.98 Å². The van der Waals surface area contributed by atoms with E-state index in [9.17, 15) is 0 Å². The number of methoxy groups -OCH3 is 1. The third kappa shape index (κ3) is 2.78. The Bertz CT molecular complexity index is 576. The zero-order valence-electron chi connectivity index (χ0n) is 9.48. The molecule has 0 aliphatic carbocycles. The number of nitrogens with two attached hydrogens (primary N) is 1. The molecule has 2 aromatic rings. The van der Waals surface area contributed by atoms with Gasteiger partial charge < -0.3 is 15.2 Å². The molecule has 1 heterocycles. The fourth-order valence-electron chi connectivity index (χ4n) is 1.33. The Morgan fingerprint density at radius 2 is 1.89 bits per heavy atom. The van der Waals surface area contributed by atoms with E-state index in [0.29, 0.717) is 33.1 Å². The summed E-state index contributed by atoms with van der Waals surface area (Å²) in [5, 5.41) is 0.760. The van der Waals surface area contributed by atoms with Gasteiger partial charge in [-0.1, -0.05) is 23.2 Å². The molecule has 0 radical (unpaired) electrons. The zero-order valence-corrected chi connectivity index (χ0v) is 11.0. The quantitative estimate of drug-likeness (QED) is 0.872. The number of rotatable bonds is 3. The van der Waals surface area contributed by atoms with Gasteiger partial charge in [0, 0.05) is 18.3 Å². The van der Waals surface area contributed by atoms with E-state index in [4.69, 9.17) is 38.4 Å². The van der Waals surface area contributed by atoms with Crippen LogP contribution in [-0.4, -0.2) is 12.1 Å². The molecule has 0 bridgehead atoms. The Morgan fingerprint density at radius 3 is 2.61 bits per heavy atom. The fraction of sp³-hybridized carbons (Fsp3) is 0.0833. The molecule has 18 heavy (non-hydrogen) atoms. The maximum atomic E-state index is 5.91. The maximum Gasteiger partial charge on any atom is 0.216 e. The van der Waals surface area contributed by atoms with Crippen LogP contribution >= 0.6 is 23.2 Å². The van der Waals surface area contributed by atoms with Crippen LogP contribution in [0, 0.1) is 0 Å². The predicted octanol–water partition coefficient (Wildman–Crippen LogP) is 3.77. The lowest BCUT2D eigenvalue weighted by atomic mass is 10.3. The molecule has 0 aliphatic rings. The Balaban J connectivity index is 2.30. The van der Waals surface area contributed by atoms with Gasteiger partial charge in [0.05, 0.1) is 22.8 Å². The SMILES string of the molecule is COc1cc(Oc2cc(Cl)c(Cl)cc2N)ccn1. The molecule has 0 unspecified atom stereocenters. The van der Waals surface area contributed by atoms with Crippen LogP contribution in [0.5, 0.6) is 17.4 Å². The summed E-state index contributed by atoms with van der Waals surface area (Å²) >= 11 is 11.7. The second-order valence-corrected chi connectivity index (χ2v) is 4.25. The number of nitrogen functional groups attached to an aromatic ring is 1. The Hall–Kier alpha value is -1.65. The summed E-state index contributed by atoms with van der Waals surface area (Å²) in [7, 11) is 1.53. The van der Waals surface area contributed by atoms with Crippen LogP contribution < -0.4 is 15.2 Å².